The Morgan fingerprint density at radius 1 is 1.40 bits per heavy atom. The Bertz CT molecular complexity index is 591. The van der Waals surface area contributed by atoms with Gasteiger partial charge in [-0.15, -0.1) is 11.6 Å². The summed E-state index contributed by atoms with van der Waals surface area (Å²) in [6, 6.07) is 6.21. The zero-order valence-corrected chi connectivity index (χ0v) is 12.4. The molecule has 3 rings (SSSR count). The fraction of sp³-hybridized carbons (Fsp3) is 0.533. The van der Waals surface area contributed by atoms with Crippen LogP contribution < -0.4 is 0 Å². The Kier molecular flexibility index (Phi) is 4.24. The lowest BCUT2D eigenvalue weighted by molar-refractivity contribution is -0.0934. The first kappa shape index (κ1) is 13.9. The molecule has 0 aliphatic carbocycles. The summed E-state index contributed by atoms with van der Waals surface area (Å²) in [5.41, 5.74) is 3.44. The molecule has 20 heavy (non-hydrogen) atoms. The summed E-state index contributed by atoms with van der Waals surface area (Å²) >= 11 is 5.91. The van der Waals surface area contributed by atoms with Gasteiger partial charge >= 0.3 is 0 Å². The molecule has 0 saturated carbocycles. The third-order valence-electron chi connectivity index (χ3n) is 3.64. The Morgan fingerprint density at radius 3 is 3.05 bits per heavy atom. The van der Waals surface area contributed by atoms with Gasteiger partial charge in [-0.2, -0.15) is 0 Å². The van der Waals surface area contributed by atoms with Crippen LogP contribution in [0.15, 0.2) is 18.2 Å². The highest BCUT2D eigenvalue weighted by Gasteiger charge is 2.19. The molecule has 1 unspecified atom stereocenters. The number of ether oxygens (including phenoxy) is 2. The molecule has 1 aromatic carbocycles. The minimum absolute atomic E-state index is 0.0924. The SMILES string of the molecule is Cc1cccc2nc(CCCl)n(CC3COCCO3)c12. The average molecular weight is 295 g/mol. The van der Waals surface area contributed by atoms with Gasteiger partial charge in [0.25, 0.3) is 0 Å². The average Bonchev–Trinajstić information content (AvgIpc) is 2.80. The van der Waals surface area contributed by atoms with Crippen molar-refractivity contribution in [2.75, 3.05) is 25.7 Å². The lowest BCUT2D eigenvalue weighted by atomic mass is 10.2. The van der Waals surface area contributed by atoms with Crippen LogP contribution in [0.5, 0.6) is 0 Å². The second-order valence-electron chi connectivity index (χ2n) is 5.09. The van der Waals surface area contributed by atoms with Crippen molar-refractivity contribution in [1.82, 2.24) is 9.55 Å². The molecule has 1 aromatic heterocycles. The number of hydrogen-bond donors (Lipinski definition) is 0. The van der Waals surface area contributed by atoms with E-state index in [4.69, 9.17) is 26.1 Å². The zero-order chi connectivity index (χ0) is 13.9. The molecule has 5 heteroatoms. The van der Waals surface area contributed by atoms with E-state index < -0.39 is 0 Å². The van der Waals surface area contributed by atoms with Gasteiger partial charge in [0, 0.05) is 12.3 Å². The first-order valence-corrected chi connectivity index (χ1v) is 7.53. The molecule has 1 atom stereocenters. The van der Waals surface area contributed by atoms with Crippen LogP contribution in [-0.4, -0.2) is 41.4 Å². The number of para-hydroxylation sites is 1. The van der Waals surface area contributed by atoms with Crippen LogP contribution in [0.4, 0.5) is 0 Å². The topological polar surface area (TPSA) is 36.3 Å². The van der Waals surface area contributed by atoms with E-state index in [1.807, 2.05) is 6.07 Å². The molecule has 2 heterocycles. The smallest absolute Gasteiger partial charge is 0.111 e. The van der Waals surface area contributed by atoms with E-state index in [0.29, 0.717) is 25.7 Å². The van der Waals surface area contributed by atoms with Crippen molar-refractivity contribution < 1.29 is 9.47 Å². The van der Waals surface area contributed by atoms with Crippen molar-refractivity contribution in [3.05, 3.63) is 29.6 Å². The summed E-state index contributed by atoms with van der Waals surface area (Å²) in [5.74, 6) is 1.60. The number of nitrogens with zero attached hydrogens (tertiary/aromatic N) is 2. The highest BCUT2D eigenvalue weighted by atomic mass is 35.5. The van der Waals surface area contributed by atoms with Crippen LogP contribution in [0.25, 0.3) is 11.0 Å². The standard InChI is InChI=1S/C15H19ClN2O2/c1-11-3-2-4-13-15(11)18(14(17-13)5-6-16)9-12-10-19-7-8-20-12/h2-4,12H,5-10H2,1H3. The number of halogens is 1. The molecule has 0 radical (unpaired) electrons. The Hall–Kier alpha value is -1.10. The van der Waals surface area contributed by atoms with Crippen LogP contribution in [0.2, 0.25) is 0 Å². The number of aromatic nitrogens is 2. The van der Waals surface area contributed by atoms with Gasteiger partial charge in [0.1, 0.15) is 5.82 Å². The molecule has 1 aliphatic heterocycles. The molecular weight excluding hydrogens is 276 g/mol. The lowest BCUT2D eigenvalue weighted by Gasteiger charge is -2.24. The highest BCUT2D eigenvalue weighted by Crippen LogP contribution is 2.22. The third kappa shape index (κ3) is 2.68. The Labute approximate surface area is 123 Å². The monoisotopic (exact) mass is 294 g/mol. The van der Waals surface area contributed by atoms with Gasteiger partial charge in [-0.25, -0.2) is 4.98 Å². The summed E-state index contributed by atoms with van der Waals surface area (Å²) in [6.07, 6.45) is 0.860. The van der Waals surface area contributed by atoms with Gasteiger partial charge in [-0.05, 0) is 18.6 Å². The van der Waals surface area contributed by atoms with Crippen molar-refractivity contribution in [3.63, 3.8) is 0 Å². The van der Waals surface area contributed by atoms with E-state index >= 15 is 0 Å². The molecule has 4 nitrogen and oxygen atoms in total. The fourth-order valence-electron chi connectivity index (χ4n) is 2.73. The summed E-state index contributed by atoms with van der Waals surface area (Å²) in [4.78, 5) is 4.71. The predicted octanol–water partition coefficient (Wildman–Crippen LogP) is 2.54. The van der Waals surface area contributed by atoms with Crippen molar-refractivity contribution >= 4 is 22.6 Å². The van der Waals surface area contributed by atoms with Gasteiger partial charge in [0.2, 0.25) is 0 Å². The number of aryl methyl sites for hydroxylation is 2. The van der Waals surface area contributed by atoms with E-state index in [-0.39, 0.29) is 6.10 Å². The summed E-state index contributed by atoms with van der Waals surface area (Å²) in [5, 5.41) is 0. The number of alkyl halides is 1. The van der Waals surface area contributed by atoms with E-state index in [2.05, 4.69) is 23.6 Å². The number of imidazole rings is 1. The number of fused-ring (bicyclic) bond motifs is 1. The minimum atomic E-state index is 0.0924. The van der Waals surface area contributed by atoms with E-state index in [0.717, 1.165) is 24.3 Å². The maximum Gasteiger partial charge on any atom is 0.111 e. The van der Waals surface area contributed by atoms with Crippen molar-refractivity contribution in [2.45, 2.75) is 26.0 Å². The largest absolute Gasteiger partial charge is 0.376 e. The molecule has 108 valence electrons. The lowest BCUT2D eigenvalue weighted by Crippen LogP contribution is -2.32. The number of benzene rings is 1. The maximum atomic E-state index is 5.91. The van der Waals surface area contributed by atoms with E-state index in [1.54, 1.807) is 0 Å². The third-order valence-corrected chi connectivity index (χ3v) is 3.83. The molecule has 1 saturated heterocycles. The molecule has 2 aromatic rings. The van der Waals surface area contributed by atoms with Gasteiger partial charge in [-0.3, -0.25) is 0 Å². The molecule has 0 amide bonds. The van der Waals surface area contributed by atoms with Crippen LogP contribution in [0.3, 0.4) is 0 Å². The first-order chi connectivity index (χ1) is 9.79. The minimum Gasteiger partial charge on any atom is -0.376 e. The summed E-state index contributed by atoms with van der Waals surface area (Å²) < 4.78 is 13.5. The molecule has 1 aliphatic rings. The van der Waals surface area contributed by atoms with Crippen LogP contribution in [-0.2, 0) is 22.4 Å². The van der Waals surface area contributed by atoms with Crippen molar-refractivity contribution in [2.24, 2.45) is 0 Å². The van der Waals surface area contributed by atoms with Gasteiger partial charge in [0.05, 0.1) is 43.5 Å². The van der Waals surface area contributed by atoms with Gasteiger partial charge in [-0.1, -0.05) is 12.1 Å². The number of hydrogen-bond acceptors (Lipinski definition) is 3. The maximum absolute atomic E-state index is 5.91. The Morgan fingerprint density at radius 2 is 2.30 bits per heavy atom. The van der Waals surface area contributed by atoms with E-state index in [1.165, 1.54) is 11.1 Å². The summed E-state index contributed by atoms with van der Waals surface area (Å²) in [7, 11) is 0. The molecule has 0 bridgehead atoms. The summed E-state index contributed by atoms with van der Waals surface area (Å²) in [6.45, 7) is 4.89. The first-order valence-electron chi connectivity index (χ1n) is 6.99. The van der Waals surface area contributed by atoms with Gasteiger partial charge < -0.3 is 14.0 Å². The quantitative estimate of drug-likeness (QED) is 0.813. The number of rotatable bonds is 4. The molecular formula is C15H19ClN2O2. The van der Waals surface area contributed by atoms with Crippen LogP contribution >= 0.6 is 11.6 Å². The van der Waals surface area contributed by atoms with Gasteiger partial charge in [0.15, 0.2) is 0 Å². The molecule has 0 spiro atoms. The Balaban J connectivity index is 1.98. The highest BCUT2D eigenvalue weighted by molar-refractivity contribution is 6.17. The predicted molar refractivity (Wildman–Crippen MR) is 79.5 cm³/mol. The second-order valence-corrected chi connectivity index (χ2v) is 5.47. The molecule has 0 N–H and O–H groups in total. The fourth-order valence-corrected chi connectivity index (χ4v) is 2.90. The zero-order valence-electron chi connectivity index (χ0n) is 11.6. The van der Waals surface area contributed by atoms with Crippen molar-refractivity contribution in [1.29, 1.82) is 0 Å². The normalized spacial score (nSPS) is 19.6. The van der Waals surface area contributed by atoms with Crippen LogP contribution in [0, 0.1) is 6.92 Å². The van der Waals surface area contributed by atoms with Crippen LogP contribution in [0.1, 0.15) is 11.4 Å². The van der Waals surface area contributed by atoms with Crippen molar-refractivity contribution in [3.8, 4) is 0 Å². The van der Waals surface area contributed by atoms with E-state index in [9.17, 15) is 0 Å². The second kappa shape index (κ2) is 6.12. The molecule has 1 fully saturated rings.